The SMILES string of the molecule is c1ccc(-c2c3ccccc3c(N(c3ccccc3)c3cc4c5c(c3)CCc3cc(N(c6ccccc6)c6c7ccccc7c(-c7ccccc7)c7ccccc67)cc(c3-5)CC4)c3ccccc23)cc1. The molecule has 2 nitrogen and oxygen atoms in total. The summed E-state index contributed by atoms with van der Waals surface area (Å²) in [7, 11) is 0. The number of benzene rings is 12. The number of anilines is 6. The van der Waals surface area contributed by atoms with Crippen molar-refractivity contribution in [3.8, 4) is 33.4 Å². The zero-order valence-corrected chi connectivity index (χ0v) is 38.8. The van der Waals surface area contributed by atoms with Crippen LogP contribution in [0.25, 0.3) is 76.5 Å². The number of hydrogen-bond acceptors (Lipinski definition) is 2. The van der Waals surface area contributed by atoms with Gasteiger partial charge in [0.25, 0.3) is 0 Å². The second-order valence-electron chi connectivity index (χ2n) is 19.0. The molecule has 14 rings (SSSR count). The topological polar surface area (TPSA) is 6.48 Å². The molecule has 0 radical (unpaired) electrons. The average molecular weight is 893 g/mol. The van der Waals surface area contributed by atoms with Gasteiger partial charge in [-0.25, -0.2) is 0 Å². The first-order valence-corrected chi connectivity index (χ1v) is 24.8. The van der Waals surface area contributed by atoms with Gasteiger partial charge in [-0.2, -0.15) is 0 Å². The standard InChI is InChI=1S/C68H48N2/c1-5-21-45(22-6-1)65-55-29-13-17-33-59(55)67(60-34-18-14-30-56(60)65)69(51-25-9-3-10-26-51)53-41-47-37-39-49-43-54(44-50-40-38-48(42-53)63(47)64(49)50)70(52-27-11-4-12-28-52)68-61-35-19-15-31-57(61)66(46-23-7-2-8-24-46)58-32-16-20-36-62(58)68/h1-36,41-44H,37-40H2. The first-order valence-electron chi connectivity index (χ1n) is 24.8. The van der Waals surface area contributed by atoms with Crippen molar-refractivity contribution < 1.29 is 0 Å². The normalized spacial score (nSPS) is 12.6. The lowest BCUT2D eigenvalue weighted by Gasteiger charge is -2.35. The van der Waals surface area contributed by atoms with Crippen LogP contribution in [0.3, 0.4) is 0 Å². The maximum atomic E-state index is 2.56. The number of aryl methyl sites for hydroxylation is 4. The Morgan fingerprint density at radius 2 is 0.457 bits per heavy atom. The van der Waals surface area contributed by atoms with Gasteiger partial charge in [0.15, 0.2) is 0 Å². The van der Waals surface area contributed by atoms with Crippen molar-refractivity contribution in [2.45, 2.75) is 25.7 Å². The number of fused-ring (bicyclic) bond motifs is 4. The van der Waals surface area contributed by atoms with E-state index in [9.17, 15) is 0 Å². The smallest absolute Gasteiger partial charge is 0.0618 e. The third-order valence-corrected chi connectivity index (χ3v) is 15.1. The van der Waals surface area contributed by atoms with Crippen LogP contribution in [-0.2, 0) is 25.7 Å². The second-order valence-corrected chi connectivity index (χ2v) is 19.0. The van der Waals surface area contributed by atoms with Crippen molar-refractivity contribution in [3.05, 3.63) is 265 Å². The van der Waals surface area contributed by atoms with Gasteiger partial charge in [-0.1, -0.05) is 194 Å². The van der Waals surface area contributed by atoms with E-state index in [-0.39, 0.29) is 0 Å². The fourth-order valence-corrected chi connectivity index (χ4v) is 12.2. The first kappa shape index (κ1) is 40.4. The van der Waals surface area contributed by atoms with E-state index in [0.717, 1.165) is 37.1 Å². The maximum absolute atomic E-state index is 2.56. The van der Waals surface area contributed by atoms with Crippen molar-refractivity contribution in [2.75, 3.05) is 9.80 Å². The number of para-hydroxylation sites is 2. The highest BCUT2D eigenvalue weighted by molar-refractivity contribution is 6.24. The van der Waals surface area contributed by atoms with Crippen LogP contribution in [-0.4, -0.2) is 0 Å². The lowest BCUT2D eigenvalue weighted by atomic mass is 9.75. The summed E-state index contributed by atoms with van der Waals surface area (Å²) >= 11 is 0. The first-order chi connectivity index (χ1) is 34.8. The molecule has 0 bridgehead atoms. The minimum absolute atomic E-state index is 0.978. The van der Waals surface area contributed by atoms with Gasteiger partial charge in [-0.15, -0.1) is 0 Å². The number of rotatable bonds is 8. The lowest BCUT2D eigenvalue weighted by Crippen LogP contribution is -2.19. The van der Waals surface area contributed by atoms with E-state index < -0.39 is 0 Å². The third-order valence-electron chi connectivity index (χ3n) is 15.1. The summed E-state index contributed by atoms with van der Waals surface area (Å²) in [4.78, 5) is 5.11. The summed E-state index contributed by atoms with van der Waals surface area (Å²) in [6.45, 7) is 0. The Balaban J connectivity index is 0.957. The van der Waals surface area contributed by atoms with Gasteiger partial charge in [0.05, 0.1) is 11.4 Å². The number of nitrogens with zero attached hydrogens (tertiary/aromatic N) is 2. The van der Waals surface area contributed by atoms with E-state index in [1.807, 2.05) is 0 Å². The molecule has 12 aromatic rings. The average Bonchev–Trinajstić information content (AvgIpc) is 3.43. The molecule has 0 amide bonds. The van der Waals surface area contributed by atoms with Crippen molar-refractivity contribution in [1.29, 1.82) is 0 Å². The van der Waals surface area contributed by atoms with Gasteiger partial charge >= 0.3 is 0 Å². The molecule has 2 aliphatic rings. The van der Waals surface area contributed by atoms with Gasteiger partial charge in [0, 0.05) is 44.3 Å². The van der Waals surface area contributed by atoms with Crippen LogP contribution >= 0.6 is 0 Å². The lowest BCUT2D eigenvalue weighted by molar-refractivity contribution is 0.875. The maximum Gasteiger partial charge on any atom is 0.0618 e. The molecule has 2 heteroatoms. The molecule has 330 valence electrons. The summed E-state index contributed by atoms with van der Waals surface area (Å²) < 4.78 is 0. The molecule has 0 N–H and O–H groups in total. The van der Waals surface area contributed by atoms with Crippen LogP contribution in [0.5, 0.6) is 0 Å². The van der Waals surface area contributed by atoms with Crippen molar-refractivity contribution in [1.82, 2.24) is 0 Å². The summed E-state index contributed by atoms with van der Waals surface area (Å²) in [5, 5.41) is 10.0. The van der Waals surface area contributed by atoms with Crippen molar-refractivity contribution in [2.24, 2.45) is 0 Å². The minimum Gasteiger partial charge on any atom is -0.309 e. The van der Waals surface area contributed by atoms with Crippen LogP contribution in [0.1, 0.15) is 22.3 Å². The largest absolute Gasteiger partial charge is 0.309 e. The molecule has 12 aromatic carbocycles. The zero-order chi connectivity index (χ0) is 46.1. The molecule has 0 saturated carbocycles. The molecule has 0 atom stereocenters. The van der Waals surface area contributed by atoms with Crippen LogP contribution in [0.4, 0.5) is 34.1 Å². The molecule has 0 heterocycles. The molecule has 2 aliphatic carbocycles. The van der Waals surface area contributed by atoms with Crippen molar-refractivity contribution >= 4 is 77.2 Å². The zero-order valence-electron chi connectivity index (χ0n) is 38.8. The highest BCUT2D eigenvalue weighted by Gasteiger charge is 2.31. The second kappa shape index (κ2) is 16.5. The molecular weight excluding hydrogens is 845 g/mol. The predicted molar refractivity (Wildman–Crippen MR) is 297 cm³/mol. The van der Waals surface area contributed by atoms with E-state index in [0.29, 0.717) is 0 Å². The Bertz CT molecular complexity index is 3560. The van der Waals surface area contributed by atoms with Crippen LogP contribution in [0.15, 0.2) is 243 Å². The van der Waals surface area contributed by atoms with Crippen LogP contribution < -0.4 is 9.80 Å². The highest BCUT2D eigenvalue weighted by Crippen LogP contribution is 2.53. The molecular formula is C68H48N2. The molecule has 0 aliphatic heterocycles. The Labute approximate surface area is 409 Å². The highest BCUT2D eigenvalue weighted by atomic mass is 15.2. The summed E-state index contributed by atoms with van der Waals surface area (Å²) in [6.07, 6.45) is 3.91. The van der Waals surface area contributed by atoms with Gasteiger partial charge in [0.1, 0.15) is 0 Å². The van der Waals surface area contributed by atoms with E-state index >= 15 is 0 Å². The summed E-state index contributed by atoms with van der Waals surface area (Å²) in [5.74, 6) is 0. The van der Waals surface area contributed by atoms with E-state index in [1.54, 1.807) is 0 Å². The van der Waals surface area contributed by atoms with E-state index in [2.05, 4.69) is 252 Å². The molecule has 0 fully saturated rings. The van der Waals surface area contributed by atoms with Gasteiger partial charge in [-0.3, -0.25) is 0 Å². The Kier molecular flexibility index (Phi) is 9.52. The van der Waals surface area contributed by atoms with Crippen LogP contribution in [0.2, 0.25) is 0 Å². The van der Waals surface area contributed by atoms with Crippen molar-refractivity contribution in [3.63, 3.8) is 0 Å². The molecule has 70 heavy (non-hydrogen) atoms. The Morgan fingerprint density at radius 3 is 0.743 bits per heavy atom. The molecule has 0 aromatic heterocycles. The van der Waals surface area contributed by atoms with Gasteiger partial charge in [-0.05, 0) is 151 Å². The summed E-state index contributed by atoms with van der Waals surface area (Å²) in [5.41, 5.74) is 20.9. The molecule has 0 spiro atoms. The Hall–Kier alpha value is -8.72. The molecule has 0 unspecified atom stereocenters. The quantitative estimate of drug-likeness (QED) is 0.140. The van der Waals surface area contributed by atoms with E-state index in [4.69, 9.17) is 0 Å². The summed E-state index contributed by atoms with van der Waals surface area (Å²) in [6, 6.07) is 90.1. The molecule has 0 saturated heterocycles. The Morgan fingerprint density at radius 1 is 0.214 bits per heavy atom. The predicted octanol–water partition coefficient (Wildman–Crippen LogP) is 18.4. The third kappa shape index (κ3) is 6.41. The fourth-order valence-electron chi connectivity index (χ4n) is 12.2. The fraction of sp³-hybridized carbons (Fsp3) is 0.0588. The monoisotopic (exact) mass is 892 g/mol. The minimum atomic E-state index is 0.978. The van der Waals surface area contributed by atoms with E-state index in [1.165, 1.54) is 121 Å². The van der Waals surface area contributed by atoms with Gasteiger partial charge < -0.3 is 9.80 Å². The van der Waals surface area contributed by atoms with Gasteiger partial charge in [0.2, 0.25) is 0 Å². The van der Waals surface area contributed by atoms with Crippen LogP contribution in [0, 0.1) is 0 Å². The number of hydrogen-bond donors (Lipinski definition) is 0.